The Kier molecular flexibility index (Phi) is 5.85. The van der Waals surface area contributed by atoms with Gasteiger partial charge in [-0.15, -0.1) is 12.4 Å². The SMILES string of the molecule is CNCC1CCN(Cc2cc(O)cc(F)c2)C1.Cl. The first-order valence-electron chi connectivity index (χ1n) is 6.03. The van der Waals surface area contributed by atoms with Crippen molar-refractivity contribution in [3.05, 3.63) is 29.6 Å². The second-order valence-electron chi connectivity index (χ2n) is 4.77. The van der Waals surface area contributed by atoms with Crippen LogP contribution in [0.5, 0.6) is 5.75 Å². The number of hydrogen-bond acceptors (Lipinski definition) is 3. The minimum Gasteiger partial charge on any atom is -0.508 e. The van der Waals surface area contributed by atoms with Gasteiger partial charge in [0.15, 0.2) is 0 Å². The van der Waals surface area contributed by atoms with Crippen LogP contribution in [0.15, 0.2) is 18.2 Å². The van der Waals surface area contributed by atoms with E-state index in [0.29, 0.717) is 12.5 Å². The summed E-state index contributed by atoms with van der Waals surface area (Å²) in [7, 11) is 1.97. The fourth-order valence-electron chi connectivity index (χ4n) is 2.49. The minimum absolute atomic E-state index is 0. The molecule has 2 N–H and O–H groups in total. The van der Waals surface area contributed by atoms with Crippen molar-refractivity contribution in [1.82, 2.24) is 10.2 Å². The quantitative estimate of drug-likeness (QED) is 0.882. The van der Waals surface area contributed by atoms with E-state index in [1.807, 2.05) is 7.05 Å². The number of aromatic hydroxyl groups is 1. The van der Waals surface area contributed by atoms with Crippen molar-refractivity contribution in [2.75, 3.05) is 26.7 Å². The summed E-state index contributed by atoms with van der Waals surface area (Å²) in [5.41, 5.74) is 0.840. The molecule has 2 rings (SSSR count). The Morgan fingerprint density at radius 3 is 2.89 bits per heavy atom. The standard InChI is InChI=1S/C13H19FN2O.ClH/c1-15-7-10-2-3-16(8-10)9-11-4-12(14)6-13(17)5-11;/h4-6,10,15,17H,2-3,7-9H2,1H3;1H. The van der Waals surface area contributed by atoms with Crippen LogP contribution < -0.4 is 5.32 Å². The van der Waals surface area contributed by atoms with E-state index in [9.17, 15) is 9.50 Å². The highest BCUT2D eigenvalue weighted by Crippen LogP contribution is 2.20. The molecule has 1 aliphatic rings. The van der Waals surface area contributed by atoms with Crippen LogP contribution in [0.2, 0.25) is 0 Å². The Bertz CT molecular complexity index is 369. The number of nitrogens with one attached hydrogen (secondary N) is 1. The summed E-state index contributed by atoms with van der Waals surface area (Å²) < 4.78 is 13.1. The fraction of sp³-hybridized carbons (Fsp3) is 0.538. The Morgan fingerprint density at radius 2 is 2.22 bits per heavy atom. The van der Waals surface area contributed by atoms with Crippen molar-refractivity contribution in [1.29, 1.82) is 0 Å². The van der Waals surface area contributed by atoms with E-state index < -0.39 is 0 Å². The molecule has 1 saturated heterocycles. The van der Waals surface area contributed by atoms with Crippen LogP contribution in [0.3, 0.4) is 0 Å². The monoisotopic (exact) mass is 274 g/mol. The summed E-state index contributed by atoms with van der Waals surface area (Å²) >= 11 is 0. The minimum atomic E-state index is -0.369. The molecule has 1 aromatic rings. The third-order valence-corrected chi connectivity index (χ3v) is 3.21. The Balaban J connectivity index is 0.00000162. The molecule has 18 heavy (non-hydrogen) atoms. The van der Waals surface area contributed by atoms with Gasteiger partial charge in [0.2, 0.25) is 0 Å². The summed E-state index contributed by atoms with van der Waals surface area (Å²) in [5, 5.41) is 12.5. The van der Waals surface area contributed by atoms with E-state index >= 15 is 0 Å². The molecule has 0 spiro atoms. The highest BCUT2D eigenvalue weighted by atomic mass is 35.5. The third-order valence-electron chi connectivity index (χ3n) is 3.21. The molecule has 102 valence electrons. The average molecular weight is 275 g/mol. The molecule has 0 bridgehead atoms. The topological polar surface area (TPSA) is 35.5 Å². The highest BCUT2D eigenvalue weighted by Gasteiger charge is 2.21. The second-order valence-corrected chi connectivity index (χ2v) is 4.77. The fourth-order valence-corrected chi connectivity index (χ4v) is 2.49. The first-order chi connectivity index (χ1) is 8.17. The van der Waals surface area contributed by atoms with Gasteiger partial charge in [0, 0.05) is 19.2 Å². The molecular formula is C13H20ClFN2O. The Hall–Kier alpha value is -0.840. The largest absolute Gasteiger partial charge is 0.508 e. The molecule has 1 fully saturated rings. The number of likely N-dealkylation sites (tertiary alicyclic amines) is 1. The smallest absolute Gasteiger partial charge is 0.127 e. The maximum atomic E-state index is 13.1. The van der Waals surface area contributed by atoms with Crippen LogP contribution >= 0.6 is 12.4 Å². The summed E-state index contributed by atoms with van der Waals surface area (Å²) in [6.45, 7) is 3.83. The first-order valence-corrected chi connectivity index (χ1v) is 6.03. The van der Waals surface area contributed by atoms with E-state index in [4.69, 9.17) is 0 Å². The third kappa shape index (κ3) is 4.12. The van der Waals surface area contributed by atoms with Gasteiger partial charge >= 0.3 is 0 Å². The zero-order chi connectivity index (χ0) is 12.3. The van der Waals surface area contributed by atoms with E-state index in [1.165, 1.54) is 12.5 Å². The zero-order valence-corrected chi connectivity index (χ0v) is 11.3. The van der Waals surface area contributed by atoms with Gasteiger partial charge in [0.1, 0.15) is 11.6 Å². The second kappa shape index (κ2) is 6.92. The Labute approximate surface area is 113 Å². The van der Waals surface area contributed by atoms with E-state index in [1.54, 1.807) is 6.07 Å². The number of phenols is 1. The summed E-state index contributed by atoms with van der Waals surface area (Å²) in [6, 6.07) is 4.26. The predicted octanol–water partition coefficient (Wildman–Crippen LogP) is 1.99. The zero-order valence-electron chi connectivity index (χ0n) is 10.5. The van der Waals surface area contributed by atoms with Crippen LogP contribution in [-0.4, -0.2) is 36.7 Å². The lowest BCUT2D eigenvalue weighted by molar-refractivity contribution is 0.314. The molecule has 3 nitrogen and oxygen atoms in total. The van der Waals surface area contributed by atoms with Gasteiger partial charge in [0.05, 0.1) is 0 Å². The molecule has 5 heteroatoms. The van der Waals surface area contributed by atoms with E-state index in [2.05, 4.69) is 10.2 Å². The van der Waals surface area contributed by atoms with Gasteiger partial charge in [-0.1, -0.05) is 0 Å². The molecule has 0 amide bonds. The maximum Gasteiger partial charge on any atom is 0.127 e. The molecule has 1 unspecified atom stereocenters. The van der Waals surface area contributed by atoms with Crippen molar-refractivity contribution < 1.29 is 9.50 Å². The number of benzene rings is 1. The van der Waals surface area contributed by atoms with Crippen LogP contribution in [0, 0.1) is 11.7 Å². The maximum absolute atomic E-state index is 13.1. The number of phenolic OH excluding ortho intramolecular Hbond substituents is 1. The molecule has 1 aliphatic heterocycles. The molecule has 0 aromatic heterocycles. The molecule has 0 aliphatic carbocycles. The number of hydrogen-bond donors (Lipinski definition) is 2. The first kappa shape index (κ1) is 15.2. The van der Waals surface area contributed by atoms with Gasteiger partial charge in [-0.3, -0.25) is 4.90 Å². The molecular weight excluding hydrogens is 255 g/mol. The Morgan fingerprint density at radius 1 is 1.44 bits per heavy atom. The van der Waals surface area contributed by atoms with Gasteiger partial charge in [-0.2, -0.15) is 0 Å². The number of rotatable bonds is 4. The average Bonchev–Trinajstić information content (AvgIpc) is 2.64. The molecule has 1 heterocycles. The molecule has 0 saturated carbocycles. The predicted molar refractivity (Wildman–Crippen MR) is 72.6 cm³/mol. The molecule has 1 aromatic carbocycles. The van der Waals surface area contributed by atoms with E-state index in [0.717, 1.165) is 31.3 Å². The summed E-state index contributed by atoms with van der Waals surface area (Å²) in [6.07, 6.45) is 1.18. The van der Waals surface area contributed by atoms with Gasteiger partial charge in [-0.05, 0) is 50.2 Å². The lowest BCUT2D eigenvalue weighted by atomic mass is 10.1. The summed E-state index contributed by atoms with van der Waals surface area (Å²) in [4.78, 5) is 2.30. The lowest BCUT2D eigenvalue weighted by Gasteiger charge is -2.16. The molecule has 1 atom stereocenters. The lowest BCUT2D eigenvalue weighted by Crippen LogP contribution is -2.24. The van der Waals surface area contributed by atoms with Crippen LogP contribution in [-0.2, 0) is 6.54 Å². The van der Waals surface area contributed by atoms with Gasteiger partial charge < -0.3 is 10.4 Å². The van der Waals surface area contributed by atoms with Crippen molar-refractivity contribution >= 4 is 12.4 Å². The van der Waals surface area contributed by atoms with Crippen LogP contribution in [0.4, 0.5) is 4.39 Å². The van der Waals surface area contributed by atoms with Gasteiger partial charge in [0.25, 0.3) is 0 Å². The van der Waals surface area contributed by atoms with Crippen molar-refractivity contribution in [2.45, 2.75) is 13.0 Å². The van der Waals surface area contributed by atoms with Crippen LogP contribution in [0.25, 0.3) is 0 Å². The number of halogens is 2. The molecule has 0 radical (unpaired) electrons. The van der Waals surface area contributed by atoms with E-state index in [-0.39, 0.29) is 24.0 Å². The summed E-state index contributed by atoms with van der Waals surface area (Å²) in [5.74, 6) is 0.319. The van der Waals surface area contributed by atoms with Crippen molar-refractivity contribution in [3.63, 3.8) is 0 Å². The number of nitrogens with zero attached hydrogens (tertiary/aromatic N) is 1. The highest BCUT2D eigenvalue weighted by molar-refractivity contribution is 5.85. The van der Waals surface area contributed by atoms with Crippen molar-refractivity contribution in [2.24, 2.45) is 5.92 Å². The van der Waals surface area contributed by atoms with Crippen molar-refractivity contribution in [3.8, 4) is 5.75 Å². The normalized spacial score (nSPS) is 19.8. The van der Waals surface area contributed by atoms with Gasteiger partial charge in [-0.25, -0.2) is 4.39 Å². The van der Waals surface area contributed by atoms with Crippen LogP contribution in [0.1, 0.15) is 12.0 Å².